The van der Waals surface area contributed by atoms with Crippen LogP contribution in [0, 0.1) is 18.6 Å². The van der Waals surface area contributed by atoms with Crippen LogP contribution in [0.25, 0.3) is 22.0 Å². The molecule has 0 saturated carbocycles. The Labute approximate surface area is 224 Å². The van der Waals surface area contributed by atoms with Gasteiger partial charge >= 0.3 is 0 Å². The molecule has 0 aliphatic rings. The smallest absolute Gasteiger partial charge is 0.231 e. The van der Waals surface area contributed by atoms with E-state index in [0.29, 0.717) is 39.0 Å². The van der Waals surface area contributed by atoms with E-state index in [0.717, 1.165) is 12.3 Å². The van der Waals surface area contributed by atoms with Gasteiger partial charge in [0.2, 0.25) is 15.9 Å². The van der Waals surface area contributed by atoms with Crippen molar-refractivity contribution < 1.29 is 22.0 Å². The maximum absolute atomic E-state index is 14.0. The molecule has 0 spiro atoms. The van der Waals surface area contributed by atoms with E-state index in [2.05, 4.69) is 15.1 Å². The van der Waals surface area contributed by atoms with Gasteiger partial charge in [-0.2, -0.15) is 5.10 Å². The van der Waals surface area contributed by atoms with Crippen molar-refractivity contribution in [3.05, 3.63) is 76.1 Å². The highest BCUT2D eigenvalue weighted by atomic mass is 35.5. The Morgan fingerprint density at radius 2 is 1.76 bits per heavy atom. The minimum absolute atomic E-state index is 0.0737. The number of hydrogen-bond donors (Lipinski definition) is 2. The summed E-state index contributed by atoms with van der Waals surface area (Å²) in [5.74, 6) is -1.64. The van der Waals surface area contributed by atoms with Gasteiger partial charge in [-0.1, -0.05) is 30.7 Å². The molecule has 2 N–H and O–H groups in total. The summed E-state index contributed by atoms with van der Waals surface area (Å²) in [5.41, 5.74) is 3.26. The van der Waals surface area contributed by atoms with Crippen LogP contribution in [0.2, 0.25) is 5.02 Å². The SMILES string of the molecule is CCC(=O)N[C@@H](Cc1cc(F)cc(F)c1)c1nc(C)ccc1-c1ccc(Cl)c2c(NS(C)(=O)=O)nn(C)c12. The van der Waals surface area contributed by atoms with Gasteiger partial charge in [0, 0.05) is 36.4 Å². The van der Waals surface area contributed by atoms with Crippen LogP contribution in [0.5, 0.6) is 0 Å². The molecule has 4 rings (SSSR count). The van der Waals surface area contributed by atoms with Crippen molar-refractivity contribution in [2.75, 3.05) is 11.0 Å². The van der Waals surface area contributed by atoms with Crippen molar-refractivity contribution in [2.24, 2.45) is 7.05 Å². The first-order valence-electron chi connectivity index (χ1n) is 11.7. The summed E-state index contributed by atoms with van der Waals surface area (Å²) in [5, 5.41) is 7.94. The van der Waals surface area contributed by atoms with E-state index in [9.17, 15) is 22.0 Å². The molecule has 0 aliphatic carbocycles. The quantitative estimate of drug-likeness (QED) is 0.313. The van der Waals surface area contributed by atoms with Crippen molar-refractivity contribution in [2.45, 2.75) is 32.7 Å². The number of anilines is 1. The molecule has 0 fully saturated rings. The Balaban J connectivity index is 1.94. The van der Waals surface area contributed by atoms with Gasteiger partial charge in [-0.25, -0.2) is 17.2 Å². The highest BCUT2D eigenvalue weighted by molar-refractivity contribution is 7.92. The molecule has 8 nitrogen and oxygen atoms in total. The lowest BCUT2D eigenvalue weighted by atomic mass is 9.93. The number of carbonyl (C=O) groups is 1. The molecular formula is C26H26ClF2N5O3S. The standard InChI is InChI=1S/C26H26ClF2N5O3S/c1-5-22(35)31-21(12-15-10-16(28)13-17(29)11-15)24-18(7-6-14(2)30-24)19-8-9-20(27)23-25(19)34(3)32-26(23)33-38(4,36)37/h6-11,13,21H,5,12H2,1-4H3,(H,31,35)(H,32,33)/t21-/m0/s1. The fourth-order valence-electron chi connectivity index (χ4n) is 4.39. The number of nitrogens with zero attached hydrogens (tertiary/aromatic N) is 3. The Hall–Kier alpha value is -3.57. The first kappa shape index (κ1) is 27.5. The number of aromatic nitrogens is 3. The topological polar surface area (TPSA) is 106 Å². The minimum Gasteiger partial charge on any atom is -0.347 e. The zero-order chi connectivity index (χ0) is 27.8. The van der Waals surface area contributed by atoms with Crippen molar-refractivity contribution in [1.82, 2.24) is 20.1 Å². The number of fused-ring (bicyclic) bond motifs is 1. The Bertz CT molecular complexity index is 1640. The summed E-state index contributed by atoms with van der Waals surface area (Å²) in [6, 6.07) is 9.50. The minimum atomic E-state index is -3.64. The van der Waals surface area contributed by atoms with Gasteiger partial charge in [-0.3, -0.25) is 19.2 Å². The van der Waals surface area contributed by atoms with E-state index in [1.807, 2.05) is 6.07 Å². The number of hydrogen-bond acceptors (Lipinski definition) is 5. The van der Waals surface area contributed by atoms with Crippen molar-refractivity contribution in [3.63, 3.8) is 0 Å². The maximum Gasteiger partial charge on any atom is 0.231 e. The Morgan fingerprint density at radius 3 is 2.39 bits per heavy atom. The van der Waals surface area contributed by atoms with E-state index in [1.165, 1.54) is 16.8 Å². The summed E-state index contributed by atoms with van der Waals surface area (Å²) in [4.78, 5) is 17.2. The van der Waals surface area contributed by atoms with E-state index in [4.69, 9.17) is 16.6 Å². The lowest BCUT2D eigenvalue weighted by molar-refractivity contribution is -0.121. The van der Waals surface area contributed by atoms with E-state index in [1.54, 1.807) is 39.1 Å². The summed E-state index contributed by atoms with van der Waals surface area (Å²) >= 11 is 6.48. The fraction of sp³-hybridized carbons (Fsp3) is 0.269. The molecule has 4 aromatic rings. The Morgan fingerprint density at radius 1 is 1.11 bits per heavy atom. The average Bonchev–Trinajstić information content (AvgIpc) is 3.13. The molecule has 200 valence electrons. The van der Waals surface area contributed by atoms with Crippen LogP contribution in [0.15, 0.2) is 42.5 Å². The zero-order valence-electron chi connectivity index (χ0n) is 21.1. The second-order valence-corrected chi connectivity index (χ2v) is 11.2. The van der Waals surface area contributed by atoms with Crippen molar-refractivity contribution in [3.8, 4) is 11.1 Å². The highest BCUT2D eigenvalue weighted by Gasteiger charge is 2.25. The average molecular weight is 562 g/mol. The van der Waals surface area contributed by atoms with Gasteiger partial charge in [-0.05, 0) is 43.2 Å². The van der Waals surface area contributed by atoms with Gasteiger partial charge in [0.05, 0.1) is 33.9 Å². The monoisotopic (exact) mass is 561 g/mol. The number of carbonyl (C=O) groups excluding carboxylic acids is 1. The summed E-state index contributed by atoms with van der Waals surface area (Å²) in [6.45, 7) is 3.50. The van der Waals surface area contributed by atoms with Gasteiger partial charge in [0.15, 0.2) is 5.82 Å². The number of pyridine rings is 1. The summed E-state index contributed by atoms with van der Waals surface area (Å²) < 4.78 is 55.8. The number of aryl methyl sites for hydroxylation is 2. The van der Waals surface area contributed by atoms with Crippen molar-refractivity contribution >= 4 is 44.3 Å². The number of amides is 1. The van der Waals surface area contributed by atoms with Crippen LogP contribution in [0.4, 0.5) is 14.6 Å². The molecular weight excluding hydrogens is 536 g/mol. The molecule has 1 amide bonds. The molecule has 0 saturated heterocycles. The molecule has 2 heterocycles. The van der Waals surface area contributed by atoms with Crippen LogP contribution < -0.4 is 10.0 Å². The third-order valence-corrected chi connectivity index (χ3v) is 6.80. The molecule has 12 heteroatoms. The van der Waals surface area contributed by atoms with Gasteiger partial charge in [-0.15, -0.1) is 0 Å². The summed E-state index contributed by atoms with van der Waals surface area (Å²) in [6.07, 6.45) is 1.29. The largest absolute Gasteiger partial charge is 0.347 e. The lowest BCUT2D eigenvalue weighted by Gasteiger charge is -2.22. The van der Waals surface area contributed by atoms with Gasteiger partial charge in [0.1, 0.15) is 11.6 Å². The molecule has 1 atom stereocenters. The molecule has 0 radical (unpaired) electrons. The third-order valence-electron chi connectivity index (χ3n) is 5.92. The molecule has 0 aliphatic heterocycles. The molecule has 2 aromatic heterocycles. The number of sulfonamides is 1. The molecule has 2 aromatic carbocycles. The zero-order valence-corrected chi connectivity index (χ0v) is 22.7. The van der Waals surface area contributed by atoms with Gasteiger partial charge in [0.25, 0.3) is 0 Å². The fourth-order valence-corrected chi connectivity index (χ4v) is 5.13. The molecule has 38 heavy (non-hydrogen) atoms. The predicted molar refractivity (Wildman–Crippen MR) is 143 cm³/mol. The van der Waals surface area contributed by atoms with Crippen molar-refractivity contribution in [1.29, 1.82) is 0 Å². The third kappa shape index (κ3) is 5.94. The van der Waals surface area contributed by atoms with Crippen LogP contribution >= 0.6 is 11.6 Å². The first-order valence-corrected chi connectivity index (χ1v) is 14.0. The maximum atomic E-state index is 14.0. The number of nitrogens with one attached hydrogen (secondary N) is 2. The second-order valence-electron chi connectivity index (χ2n) is 9.01. The van der Waals surface area contributed by atoms with E-state index in [-0.39, 0.29) is 29.6 Å². The number of rotatable bonds is 8. The highest BCUT2D eigenvalue weighted by Crippen LogP contribution is 2.39. The second kappa shape index (κ2) is 10.7. The van der Waals surface area contributed by atoms with Crippen LogP contribution in [0.3, 0.4) is 0 Å². The van der Waals surface area contributed by atoms with Gasteiger partial charge < -0.3 is 5.32 Å². The molecule has 0 bridgehead atoms. The first-order chi connectivity index (χ1) is 17.9. The molecule has 0 unspecified atom stereocenters. The lowest BCUT2D eigenvalue weighted by Crippen LogP contribution is -2.30. The van der Waals surface area contributed by atoms with Crippen LogP contribution in [0.1, 0.15) is 36.3 Å². The Kier molecular flexibility index (Phi) is 7.70. The summed E-state index contributed by atoms with van der Waals surface area (Å²) in [7, 11) is -1.98. The predicted octanol–water partition coefficient (Wildman–Crippen LogP) is 5.06. The normalized spacial score (nSPS) is 12.5. The number of halogens is 3. The van der Waals surface area contributed by atoms with Crippen LogP contribution in [-0.2, 0) is 28.3 Å². The van der Waals surface area contributed by atoms with E-state index < -0.39 is 27.7 Å². The van der Waals surface area contributed by atoms with E-state index >= 15 is 0 Å². The van der Waals surface area contributed by atoms with Crippen LogP contribution in [-0.4, -0.2) is 35.3 Å². The number of benzene rings is 2.